The molecule has 0 aliphatic heterocycles. The molecule has 0 unspecified atom stereocenters. The number of aliphatic hydroxyl groups is 1. The molecule has 0 aliphatic rings. The van der Waals surface area contributed by atoms with Gasteiger partial charge in [-0.2, -0.15) is 0 Å². The summed E-state index contributed by atoms with van der Waals surface area (Å²) in [5.74, 6) is -0.937. The molecule has 106 valence electrons. The summed E-state index contributed by atoms with van der Waals surface area (Å²) in [6.45, 7) is 1.50. The molecule has 0 bridgehead atoms. The Morgan fingerprint density at radius 1 is 1.65 bits per heavy atom. The Bertz CT molecular complexity index is 662. The summed E-state index contributed by atoms with van der Waals surface area (Å²) < 4.78 is 5.57. The molecule has 0 spiro atoms. The number of ether oxygens (including phenoxy) is 1. The van der Waals surface area contributed by atoms with Crippen LogP contribution in [0.15, 0.2) is 12.4 Å². The quantitative estimate of drug-likeness (QED) is 0.509. The highest BCUT2D eigenvalue weighted by Gasteiger charge is 2.24. The van der Waals surface area contributed by atoms with Crippen molar-refractivity contribution < 1.29 is 19.6 Å². The summed E-state index contributed by atoms with van der Waals surface area (Å²) in [6, 6.07) is 1.27. The monoisotopic (exact) mass is 298 g/mol. The molecular weight excluding hydrogens is 288 g/mol. The highest BCUT2D eigenvalue weighted by molar-refractivity contribution is 7.15. The van der Waals surface area contributed by atoms with Crippen LogP contribution in [0.4, 0.5) is 5.69 Å². The first kappa shape index (κ1) is 14.1. The topological polar surface area (TPSA) is 120 Å². The van der Waals surface area contributed by atoms with E-state index in [0.717, 1.165) is 16.0 Å². The average Bonchev–Trinajstić information content (AvgIpc) is 3.03. The molecule has 0 radical (unpaired) electrons. The second kappa shape index (κ2) is 5.35. The standard InChI is InChI=1S/C10H10N4O5S/c1-5(15)7-3-6(14(17)18)9(20-7)13-4-11-8(12-13)10(16)19-2/h3-5,15H,1-2H3/t5-/m0/s1. The number of nitrogens with zero attached hydrogens (tertiary/aromatic N) is 4. The molecule has 2 rings (SSSR count). The maximum Gasteiger partial charge on any atom is 0.377 e. The van der Waals surface area contributed by atoms with Gasteiger partial charge in [0.25, 0.3) is 5.82 Å². The van der Waals surface area contributed by atoms with Gasteiger partial charge in [0.05, 0.1) is 18.1 Å². The molecule has 20 heavy (non-hydrogen) atoms. The van der Waals surface area contributed by atoms with Gasteiger partial charge in [0.1, 0.15) is 6.33 Å². The zero-order chi connectivity index (χ0) is 14.9. The largest absolute Gasteiger partial charge is 0.463 e. The Morgan fingerprint density at radius 2 is 2.35 bits per heavy atom. The Morgan fingerprint density at radius 3 is 2.90 bits per heavy atom. The highest BCUT2D eigenvalue weighted by atomic mass is 32.1. The Labute approximate surface area is 116 Å². The van der Waals surface area contributed by atoms with E-state index in [-0.39, 0.29) is 16.5 Å². The molecule has 9 nitrogen and oxygen atoms in total. The second-order valence-corrected chi connectivity index (χ2v) is 4.84. The van der Waals surface area contributed by atoms with E-state index in [0.29, 0.717) is 4.88 Å². The zero-order valence-electron chi connectivity index (χ0n) is 10.5. The van der Waals surface area contributed by atoms with Crippen molar-refractivity contribution in [1.29, 1.82) is 0 Å². The number of aliphatic hydroxyl groups excluding tert-OH is 1. The van der Waals surface area contributed by atoms with E-state index in [1.165, 1.54) is 26.4 Å². The number of hydrogen-bond acceptors (Lipinski definition) is 8. The molecule has 1 N–H and O–H groups in total. The van der Waals surface area contributed by atoms with Crippen molar-refractivity contribution >= 4 is 23.0 Å². The summed E-state index contributed by atoms with van der Waals surface area (Å²) in [6.07, 6.45) is 0.340. The third-order valence-corrected chi connectivity index (χ3v) is 3.67. The van der Waals surface area contributed by atoms with Gasteiger partial charge in [-0.1, -0.05) is 0 Å². The first-order valence-electron chi connectivity index (χ1n) is 5.40. The van der Waals surface area contributed by atoms with Crippen LogP contribution in [0.25, 0.3) is 5.00 Å². The molecule has 0 amide bonds. The number of esters is 1. The molecule has 0 fully saturated rings. The van der Waals surface area contributed by atoms with Crippen LogP contribution in [-0.2, 0) is 4.74 Å². The van der Waals surface area contributed by atoms with Gasteiger partial charge in [0, 0.05) is 10.9 Å². The Hall–Kier alpha value is -2.33. The minimum Gasteiger partial charge on any atom is -0.463 e. The van der Waals surface area contributed by atoms with Gasteiger partial charge in [0.15, 0.2) is 5.00 Å². The number of carbonyl (C=O) groups excluding carboxylic acids is 1. The fraction of sp³-hybridized carbons (Fsp3) is 0.300. The minimum absolute atomic E-state index is 0.161. The van der Waals surface area contributed by atoms with Crippen LogP contribution >= 0.6 is 11.3 Å². The number of nitro groups is 1. The summed E-state index contributed by atoms with van der Waals surface area (Å²) in [5.41, 5.74) is -0.216. The maximum absolute atomic E-state index is 11.3. The smallest absolute Gasteiger partial charge is 0.377 e. The van der Waals surface area contributed by atoms with E-state index in [1.54, 1.807) is 0 Å². The summed E-state index contributed by atoms with van der Waals surface area (Å²) in [5, 5.41) is 24.5. The van der Waals surface area contributed by atoms with Crippen molar-refractivity contribution in [1.82, 2.24) is 14.8 Å². The Kier molecular flexibility index (Phi) is 3.77. The third kappa shape index (κ3) is 2.51. The maximum atomic E-state index is 11.3. The van der Waals surface area contributed by atoms with E-state index < -0.39 is 17.0 Å². The van der Waals surface area contributed by atoms with Crippen LogP contribution < -0.4 is 0 Å². The number of hydrogen-bond donors (Lipinski definition) is 1. The number of aromatic nitrogens is 3. The second-order valence-electron chi connectivity index (χ2n) is 3.78. The average molecular weight is 298 g/mol. The minimum atomic E-state index is -0.837. The fourth-order valence-corrected chi connectivity index (χ4v) is 2.42. The lowest BCUT2D eigenvalue weighted by Gasteiger charge is -1.96. The van der Waals surface area contributed by atoms with Crippen LogP contribution in [-0.4, -0.2) is 37.9 Å². The van der Waals surface area contributed by atoms with Gasteiger partial charge in [-0.05, 0) is 6.92 Å². The first-order chi connectivity index (χ1) is 9.43. The molecule has 2 heterocycles. The van der Waals surface area contributed by atoms with E-state index in [2.05, 4.69) is 14.8 Å². The van der Waals surface area contributed by atoms with Gasteiger partial charge in [0.2, 0.25) is 0 Å². The molecule has 0 saturated heterocycles. The SMILES string of the molecule is COC(=O)c1ncn(-c2sc([C@H](C)O)cc2[N+](=O)[O-])n1. The molecule has 10 heteroatoms. The van der Waals surface area contributed by atoms with Crippen molar-refractivity contribution in [3.63, 3.8) is 0 Å². The van der Waals surface area contributed by atoms with Crippen LogP contribution in [0.2, 0.25) is 0 Å². The summed E-state index contributed by atoms with van der Waals surface area (Å²) in [7, 11) is 1.18. The van der Waals surface area contributed by atoms with Crippen LogP contribution in [0.3, 0.4) is 0 Å². The lowest BCUT2D eigenvalue weighted by Crippen LogP contribution is -2.05. The number of thiophene rings is 1. The zero-order valence-corrected chi connectivity index (χ0v) is 11.3. The van der Waals surface area contributed by atoms with Crippen molar-refractivity contribution in [3.8, 4) is 5.00 Å². The van der Waals surface area contributed by atoms with Gasteiger partial charge in [-0.3, -0.25) is 10.1 Å². The fourth-order valence-electron chi connectivity index (χ4n) is 1.44. The molecule has 0 aromatic carbocycles. The van der Waals surface area contributed by atoms with Gasteiger partial charge in [-0.25, -0.2) is 14.5 Å². The highest BCUT2D eigenvalue weighted by Crippen LogP contribution is 2.35. The lowest BCUT2D eigenvalue weighted by molar-refractivity contribution is -0.384. The van der Waals surface area contributed by atoms with E-state index in [4.69, 9.17) is 0 Å². The normalized spacial score (nSPS) is 12.2. The van der Waals surface area contributed by atoms with Gasteiger partial charge in [-0.15, -0.1) is 16.4 Å². The van der Waals surface area contributed by atoms with Crippen molar-refractivity contribution in [2.75, 3.05) is 7.11 Å². The van der Waals surface area contributed by atoms with E-state index in [9.17, 15) is 20.0 Å². The molecular formula is C10H10N4O5S. The van der Waals surface area contributed by atoms with E-state index in [1.807, 2.05) is 0 Å². The Balaban J connectivity index is 2.48. The molecule has 2 aromatic heterocycles. The van der Waals surface area contributed by atoms with Crippen molar-refractivity contribution in [2.45, 2.75) is 13.0 Å². The van der Waals surface area contributed by atoms with Crippen molar-refractivity contribution in [3.05, 3.63) is 33.2 Å². The molecule has 1 atom stereocenters. The number of rotatable bonds is 4. The summed E-state index contributed by atoms with van der Waals surface area (Å²) >= 11 is 0.998. The van der Waals surface area contributed by atoms with Crippen LogP contribution in [0, 0.1) is 10.1 Å². The summed E-state index contributed by atoms with van der Waals surface area (Å²) in [4.78, 5) is 25.8. The van der Waals surface area contributed by atoms with Crippen LogP contribution in [0.1, 0.15) is 28.5 Å². The third-order valence-electron chi connectivity index (χ3n) is 2.39. The van der Waals surface area contributed by atoms with Gasteiger partial charge < -0.3 is 9.84 Å². The predicted molar refractivity (Wildman–Crippen MR) is 67.9 cm³/mol. The molecule has 0 aliphatic carbocycles. The molecule has 2 aromatic rings. The van der Waals surface area contributed by atoms with Crippen LogP contribution in [0.5, 0.6) is 0 Å². The molecule has 0 saturated carbocycles. The van der Waals surface area contributed by atoms with Crippen molar-refractivity contribution in [2.24, 2.45) is 0 Å². The number of methoxy groups -OCH3 is 1. The number of carbonyl (C=O) groups is 1. The first-order valence-corrected chi connectivity index (χ1v) is 6.22. The van der Waals surface area contributed by atoms with Gasteiger partial charge >= 0.3 is 11.7 Å². The lowest BCUT2D eigenvalue weighted by atomic mass is 10.3. The predicted octanol–water partition coefficient (Wildman–Crippen LogP) is 1.08. The van der Waals surface area contributed by atoms with E-state index >= 15 is 0 Å².